The first kappa shape index (κ1) is 17.1. The number of benzene rings is 1. The minimum absolute atomic E-state index is 0.0147. The van der Waals surface area contributed by atoms with E-state index in [1.54, 1.807) is 11.1 Å². The van der Waals surface area contributed by atoms with Crippen LogP contribution in [0, 0.1) is 0 Å². The SMILES string of the molecule is O=C(CCCc1cccnc1)Nc1ccc(N2CCOCC2=O)cc1. The molecule has 1 N–H and O–H groups in total. The summed E-state index contributed by atoms with van der Waals surface area (Å²) in [4.78, 5) is 29.6. The Labute approximate surface area is 146 Å². The summed E-state index contributed by atoms with van der Waals surface area (Å²) in [5, 5.41) is 2.89. The van der Waals surface area contributed by atoms with Gasteiger partial charge in [0.05, 0.1) is 6.61 Å². The molecule has 2 amide bonds. The Kier molecular flexibility index (Phi) is 5.74. The van der Waals surface area contributed by atoms with Gasteiger partial charge in [0.15, 0.2) is 0 Å². The molecule has 6 heteroatoms. The van der Waals surface area contributed by atoms with E-state index < -0.39 is 0 Å². The van der Waals surface area contributed by atoms with Crippen LogP contribution < -0.4 is 10.2 Å². The predicted molar refractivity (Wildman–Crippen MR) is 95.4 cm³/mol. The summed E-state index contributed by atoms with van der Waals surface area (Å²) in [6, 6.07) is 11.2. The summed E-state index contributed by atoms with van der Waals surface area (Å²) in [7, 11) is 0. The fourth-order valence-electron chi connectivity index (χ4n) is 2.74. The van der Waals surface area contributed by atoms with Crippen molar-refractivity contribution in [1.29, 1.82) is 0 Å². The van der Waals surface area contributed by atoms with Crippen LogP contribution in [0.1, 0.15) is 18.4 Å². The van der Waals surface area contributed by atoms with Crippen LogP contribution in [0.5, 0.6) is 0 Å². The highest BCUT2D eigenvalue weighted by Gasteiger charge is 2.19. The highest BCUT2D eigenvalue weighted by atomic mass is 16.5. The Hall–Kier alpha value is -2.73. The molecule has 2 aromatic rings. The number of carbonyl (C=O) groups is 2. The Bertz CT molecular complexity index is 716. The molecule has 0 aliphatic carbocycles. The second-order valence-electron chi connectivity index (χ2n) is 5.91. The maximum Gasteiger partial charge on any atom is 0.253 e. The summed E-state index contributed by atoms with van der Waals surface area (Å²) < 4.78 is 5.13. The number of pyridine rings is 1. The Morgan fingerprint density at radius 2 is 2.08 bits per heavy atom. The second-order valence-corrected chi connectivity index (χ2v) is 5.91. The number of aromatic nitrogens is 1. The lowest BCUT2D eigenvalue weighted by Crippen LogP contribution is -2.41. The van der Waals surface area contributed by atoms with E-state index in [1.807, 2.05) is 42.6 Å². The number of ether oxygens (including phenoxy) is 1. The summed E-state index contributed by atoms with van der Waals surface area (Å²) in [6.45, 7) is 1.22. The molecule has 6 nitrogen and oxygen atoms in total. The topological polar surface area (TPSA) is 71.5 Å². The monoisotopic (exact) mass is 339 g/mol. The molecule has 130 valence electrons. The van der Waals surface area contributed by atoms with Crippen molar-refractivity contribution >= 4 is 23.2 Å². The number of morpholine rings is 1. The van der Waals surface area contributed by atoms with Gasteiger partial charge in [0.2, 0.25) is 5.91 Å². The van der Waals surface area contributed by atoms with Crippen LogP contribution in [0.15, 0.2) is 48.8 Å². The number of hydrogen-bond donors (Lipinski definition) is 1. The van der Waals surface area contributed by atoms with Crippen LogP contribution in [-0.2, 0) is 20.7 Å². The van der Waals surface area contributed by atoms with Crippen LogP contribution >= 0.6 is 0 Å². The van der Waals surface area contributed by atoms with E-state index in [0.717, 1.165) is 29.8 Å². The summed E-state index contributed by atoms with van der Waals surface area (Å²) in [5.41, 5.74) is 2.69. The normalized spacial score (nSPS) is 14.4. The van der Waals surface area contributed by atoms with Crippen molar-refractivity contribution in [2.45, 2.75) is 19.3 Å². The summed E-state index contributed by atoms with van der Waals surface area (Å²) in [5.74, 6) is -0.0578. The minimum atomic E-state index is -0.0431. The standard InChI is InChI=1S/C19H21N3O3/c23-18(5-1-3-15-4-2-10-20-13-15)21-16-6-8-17(9-7-16)22-11-12-25-14-19(22)24/h2,4,6-10,13H,1,3,5,11-12,14H2,(H,21,23). The minimum Gasteiger partial charge on any atom is -0.370 e. The number of carbonyl (C=O) groups excluding carboxylic acids is 2. The smallest absolute Gasteiger partial charge is 0.253 e. The number of aryl methyl sites for hydroxylation is 1. The zero-order valence-electron chi connectivity index (χ0n) is 14.0. The van der Waals surface area contributed by atoms with E-state index in [9.17, 15) is 9.59 Å². The van der Waals surface area contributed by atoms with Gasteiger partial charge in [-0.3, -0.25) is 14.6 Å². The summed E-state index contributed by atoms with van der Waals surface area (Å²) in [6.07, 6.45) is 5.63. The molecule has 3 rings (SSSR count). The van der Waals surface area contributed by atoms with E-state index in [-0.39, 0.29) is 18.4 Å². The Morgan fingerprint density at radius 3 is 2.80 bits per heavy atom. The van der Waals surface area contributed by atoms with E-state index >= 15 is 0 Å². The fraction of sp³-hybridized carbons (Fsp3) is 0.316. The summed E-state index contributed by atoms with van der Waals surface area (Å²) >= 11 is 0. The molecular weight excluding hydrogens is 318 g/mol. The van der Waals surface area contributed by atoms with Gasteiger partial charge < -0.3 is 15.0 Å². The predicted octanol–water partition coefficient (Wildman–Crippen LogP) is 2.41. The first-order chi connectivity index (χ1) is 12.2. The Morgan fingerprint density at radius 1 is 1.24 bits per heavy atom. The molecule has 0 unspecified atom stereocenters. The highest BCUT2D eigenvalue weighted by Crippen LogP contribution is 2.20. The molecular formula is C19H21N3O3. The lowest BCUT2D eigenvalue weighted by Gasteiger charge is -2.26. The lowest BCUT2D eigenvalue weighted by atomic mass is 10.1. The van der Waals surface area contributed by atoms with Crippen LogP contribution in [-0.4, -0.2) is 36.6 Å². The van der Waals surface area contributed by atoms with Crippen molar-refractivity contribution in [3.05, 3.63) is 54.4 Å². The average molecular weight is 339 g/mol. The fourth-order valence-corrected chi connectivity index (χ4v) is 2.74. The van der Waals surface area contributed by atoms with Crippen LogP contribution in [0.2, 0.25) is 0 Å². The number of nitrogens with one attached hydrogen (secondary N) is 1. The van der Waals surface area contributed by atoms with Crippen LogP contribution in [0.4, 0.5) is 11.4 Å². The second kappa shape index (κ2) is 8.39. The molecule has 0 spiro atoms. The van der Waals surface area contributed by atoms with Gasteiger partial charge in [-0.25, -0.2) is 0 Å². The molecule has 1 aromatic heterocycles. The van der Waals surface area contributed by atoms with Crippen molar-refractivity contribution in [1.82, 2.24) is 4.98 Å². The number of nitrogens with zero attached hydrogens (tertiary/aromatic N) is 2. The average Bonchev–Trinajstić information content (AvgIpc) is 2.64. The molecule has 1 fully saturated rings. The van der Waals surface area contributed by atoms with Crippen molar-refractivity contribution in [2.75, 3.05) is 30.0 Å². The van der Waals surface area contributed by atoms with Gasteiger partial charge >= 0.3 is 0 Å². The maximum absolute atomic E-state index is 12.0. The molecule has 2 heterocycles. The van der Waals surface area contributed by atoms with Gasteiger partial charge in [0.25, 0.3) is 5.91 Å². The van der Waals surface area contributed by atoms with Gasteiger partial charge in [0.1, 0.15) is 6.61 Å². The van der Waals surface area contributed by atoms with E-state index in [4.69, 9.17) is 4.74 Å². The van der Waals surface area contributed by atoms with Gasteiger partial charge in [-0.15, -0.1) is 0 Å². The van der Waals surface area contributed by atoms with Crippen LogP contribution in [0.25, 0.3) is 0 Å². The number of anilines is 2. The maximum atomic E-state index is 12.0. The van der Waals surface area contributed by atoms with Crippen molar-refractivity contribution in [3.8, 4) is 0 Å². The quantitative estimate of drug-likeness (QED) is 0.877. The van der Waals surface area contributed by atoms with Crippen LogP contribution in [0.3, 0.4) is 0 Å². The van der Waals surface area contributed by atoms with Crippen molar-refractivity contribution in [3.63, 3.8) is 0 Å². The third-order valence-corrected chi connectivity index (χ3v) is 4.04. The number of amides is 2. The zero-order valence-corrected chi connectivity index (χ0v) is 14.0. The third kappa shape index (κ3) is 4.87. The number of hydrogen-bond acceptors (Lipinski definition) is 4. The molecule has 1 saturated heterocycles. The van der Waals surface area contributed by atoms with Gasteiger partial charge in [-0.2, -0.15) is 0 Å². The van der Waals surface area contributed by atoms with Crippen molar-refractivity contribution in [2.24, 2.45) is 0 Å². The molecule has 1 aliphatic heterocycles. The van der Waals surface area contributed by atoms with E-state index in [2.05, 4.69) is 10.3 Å². The highest BCUT2D eigenvalue weighted by molar-refractivity contribution is 5.95. The molecule has 1 aliphatic rings. The first-order valence-electron chi connectivity index (χ1n) is 8.39. The molecule has 0 bridgehead atoms. The van der Waals surface area contributed by atoms with Gasteiger partial charge in [-0.05, 0) is 48.7 Å². The molecule has 0 saturated carbocycles. The lowest BCUT2D eigenvalue weighted by molar-refractivity contribution is -0.125. The van der Waals surface area contributed by atoms with Crippen molar-refractivity contribution < 1.29 is 14.3 Å². The van der Waals surface area contributed by atoms with Gasteiger partial charge in [0, 0.05) is 36.7 Å². The molecule has 0 radical (unpaired) electrons. The third-order valence-electron chi connectivity index (χ3n) is 4.04. The van der Waals surface area contributed by atoms with Gasteiger partial charge in [-0.1, -0.05) is 6.07 Å². The largest absolute Gasteiger partial charge is 0.370 e. The Balaban J connectivity index is 1.47. The van der Waals surface area contributed by atoms with E-state index in [0.29, 0.717) is 19.6 Å². The molecule has 0 atom stereocenters. The molecule has 1 aromatic carbocycles. The first-order valence-corrected chi connectivity index (χ1v) is 8.39. The van der Waals surface area contributed by atoms with E-state index in [1.165, 1.54) is 0 Å². The zero-order chi connectivity index (χ0) is 17.5. The molecule has 25 heavy (non-hydrogen) atoms. The number of rotatable bonds is 6.